The molecule has 1 aromatic carbocycles. The van der Waals surface area contributed by atoms with Crippen LogP contribution in [0.4, 0.5) is 5.69 Å². The summed E-state index contributed by atoms with van der Waals surface area (Å²) in [4.78, 5) is 0.996. The van der Waals surface area contributed by atoms with Gasteiger partial charge in [-0.15, -0.1) is 0 Å². The summed E-state index contributed by atoms with van der Waals surface area (Å²) in [6.07, 6.45) is 2.06. The van der Waals surface area contributed by atoms with E-state index in [2.05, 4.69) is 57.5 Å². The van der Waals surface area contributed by atoms with E-state index in [0.29, 0.717) is 0 Å². The minimum absolute atomic E-state index is 0.739. The lowest BCUT2D eigenvalue weighted by molar-refractivity contribution is 1.36. The molecule has 0 saturated carbocycles. The third-order valence-corrected chi connectivity index (χ3v) is 3.05. The van der Waals surface area contributed by atoms with Crippen LogP contribution < -0.4 is 5.32 Å². The van der Waals surface area contributed by atoms with Gasteiger partial charge in [0.2, 0.25) is 0 Å². The first-order chi connectivity index (χ1) is 10.7. The van der Waals surface area contributed by atoms with Crippen molar-refractivity contribution in [2.45, 2.75) is 48.5 Å². The molecular formula is C20H31NS2. The predicted octanol–water partition coefficient (Wildman–Crippen LogP) is 7.51. The van der Waals surface area contributed by atoms with E-state index in [0.717, 1.165) is 20.5 Å². The van der Waals surface area contributed by atoms with Crippen molar-refractivity contribution < 1.29 is 0 Å². The van der Waals surface area contributed by atoms with Crippen molar-refractivity contribution in [3.8, 4) is 0 Å². The van der Waals surface area contributed by atoms with Crippen molar-refractivity contribution in [3.05, 3.63) is 65.1 Å². The van der Waals surface area contributed by atoms with Gasteiger partial charge >= 0.3 is 0 Å². The molecule has 0 spiro atoms. The number of thiocarbonyl (C=S) groups is 1. The van der Waals surface area contributed by atoms with Gasteiger partial charge in [-0.25, -0.2) is 0 Å². The summed E-state index contributed by atoms with van der Waals surface area (Å²) < 4.78 is 0.739. The van der Waals surface area contributed by atoms with Crippen molar-refractivity contribution in [1.82, 2.24) is 0 Å². The van der Waals surface area contributed by atoms with Crippen LogP contribution in [0.25, 0.3) is 0 Å². The molecular weight excluding hydrogens is 318 g/mol. The van der Waals surface area contributed by atoms with E-state index < -0.39 is 0 Å². The Kier molecular flexibility index (Phi) is 14.9. The monoisotopic (exact) mass is 349 g/mol. The lowest BCUT2D eigenvalue weighted by atomic mass is 10.2. The molecule has 1 aromatic rings. The number of hydrogen-bond acceptors (Lipinski definition) is 2. The number of rotatable bonds is 3. The maximum absolute atomic E-state index is 5.15. The molecule has 0 saturated heterocycles. The van der Waals surface area contributed by atoms with E-state index in [-0.39, 0.29) is 0 Å². The van der Waals surface area contributed by atoms with Gasteiger partial charge in [0.05, 0.1) is 0 Å². The lowest BCUT2D eigenvalue weighted by Crippen LogP contribution is -2.03. The largest absolute Gasteiger partial charge is 0.341 e. The van der Waals surface area contributed by atoms with E-state index >= 15 is 0 Å². The van der Waals surface area contributed by atoms with Gasteiger partial charge in [0, 0.05) is 5.69 Å². The summed E-state index contributed by atoms with van der Waals surface area (Å²) >= 11 is 6.63. The maximum atomic E-state index is 5.15. The molecule has 128 valence electrons. The number of nitrogens with one attached hydrogen (secondary N) is 1. The Bertz CT molecular complexity index is 538. The van der Waals surface area contributed by atoms with Gasteiger partial charge in [-0.2, -0.15) is 0 Å². The second kappa shape index (κ2) is 14.3. The normalized spacial score (nSPS) is 8.48. The minimum atomic E-state index is 0.739. The summed E-state index contributed by atoms with van der Waals surface area (Å²) in [7, 11) is 0. The van der Waals surface area contributed by atoms with Crippen LogP contribution in [0, 0.1) is 6.92 Å². The summed E-state index contributed by atoms with van der Waals surface area (Å²) in [5, 5.41) is 3.15. The quantitative estimate of drug-likeness (QED) is 0.448. The molecule has 0 bridgehead atoms. The van der Waals surface area contributed by atoms with Gasteiger partial charge < -0.3 is 5.32 Å². The second-order valence-electron chi connectivity index (χ2n) is 5.15. The number of benzene rings is 1. The standard InChI is InChI=1S/C11H13NS2.C7H12.C2H6/c1-8(2)14-11(13)12-10-6-4-5-9(3)7-10;1-6(2)5-7(3)4;1-2/h4-7H,1H2,2-3H3,(H,12,13);5H,1H2,2-4H3;1-2H3. The fraction of sp³-hybridized carbons (Fsp3) is 0.350. The van der Waals surface area contributed by atoms with Gasteiger partial charge in [-0.05, 0) is 57.2 Å². The summed E-state index contributed by atoms with van der Waals surface area (Å²) in [6.45, 7) is 21.6. The Labute approximate surface area is 153 Å². The summed E-state index contributed by atoms with van der Waals surface area (Å²) in [6, 6.07) is 8.12. The second-order valence-corrected chi connectivity index (χ2v) is 7.13. The Morgan fingerprint density at radius 2 is 1.70 bits per heavy atom. The maximum Gasteiger partial charge on any atom is 0.142 e. The number of anilines is 1. The molecule has 0 aliphatic rings. The molecule has 0 unspecified atom stereocenters. The van der Waals surface area contributed by atoms with Crippen LogP contribution in [0.2, 0.25) is 0 Å². The highest BCUT2D eigenvalue weighted by Crippen LogP contribution is 2.17. The SMILES string of the molecule is C=C(C)C=C(C)C.C=C(C)SC(=S)Nc1cccc(C)c1.CC. The zero-order chi connectivity index (χ0) is 18.4. The van der Waals surface area contributed by atoms with E-state index in [1.54, 1.807) is 0 Å². The number of hydrogen-bond donors (Lipinski definition) is 1. The fourth-order valence-corrected chi connectivity index (χ4v) is 2.55. The van der Waals surface area contributed by atoms with Crippen LogP contribution in [-0.2, 0) is 0 Å². The minimum Gasteiger partial charge on any atom is -0.341 e. The third kappa shape index (κ3) is 16.9. The van der Waals surface area contributed by atoms with E-state index in [1.165, 1.54) is 22.9 Å². The first kappa shape index (κ1) is 23.9. The molecule has 0 aromatic heterocycles. The molecule has 0 aliphatic heterocycles. The van der Waals surface area contributed by atoms with Crippen molar-refractivity contribution in [3.63, 3.8) is 0 Å². The van der Waals surface area contributed by atoms with E-state index in [9.17, 15) is 0 Å². The van der Waals surface area contributed by atoms with Gasteiger partial charge in [0.15, 0.2) is 0 Å². The molecule has 0 aliphatic carbocycles. The Balaban J connectivity index is 0. The molecule has 0 radical (unpaired) electrons. The van der Waals surface area contributed by atoms with Gasteiger partial charge in [-0.1, -0.05) is 80.3 Å². The van der Waals surface area contributed by atoms with Crippen molar-refractivity contribution in [1.29, 1.82) is 0 Å². The van der Waals surface area contributed by atoms with Gasteiger partial charge in [0.1, 0.15) is 4.32 Å². The molecule has 0 fully saturated rings. The first-order valence-electron chi connectivity index (χ1n) is 7.72. The molecule has 1 N–H and O–H groups in total. The van der Waals surface area contributed by atoms with Crippen LogP contribution in [0.15, 0.2) is 59.6 Å². The van der Waals surface area contributed by atoms with Crippen molar-refractivity contribution in [2.75, 3.05) is 5.32 Å². The van der Waals surface area contributed by atoms with Crippen molar-refractivity contribution >= 4 is 34.0 Å². The van der Waals surface area contributed by atoms with E-state index in [1.807, 2.05) is 39.8 Å². The van der Waals surface area contributed by atoms with Crippen LogP contribution >= 0.6 is 24.0 Å². The summed E-state index contributed by atoms with van der Waals surface area (Å²) in [5.74, 6) is 0. The number of allylic oxidation sites excluding steroid dienone is 4. The topological polar surface area (TPSA) is 12.0 Å². The molecule has 3 heteroatoms. The van der Waals surface area contributed by atoms with Crippen LogP contribution in [-0.4, -0.2) is 4.32 Å². The average Bonchev–Trinajstić information content (AvgIpc) is 2.38. The Morgan fingerprint density at radius 1 is 1.13 bits per heavy atom. The fourth-order valence-electron chi connectivity index (χ4n) is 1.52. The summed E-state index contributed by atoms with van der Waals surface area (Å²) in [5.41, 5.74) is 4.69. The number of aryl methyl sites for hydroxylation is 1. The molecule has 0 atom stereocenters. The van der Waals surface area contributed by atoms with E-state index in [4.69, 9.17) is 12.2 Å². The highest BCUT2D eigenvalue weighted by Gasteiger charge is 1.98. The zero-order valence-corrected chi connectivity index (χ0v) is 17.3. The third-order valence-electron chi connectivity index (χ3n) is 2.07. The highest BCUT2D eigenvalue weighted by molar-refractivity contribution is 8.25. The molecule has 23 heavy (non-hydrogen) atoms. The lowest BCUT2D eigenvalue weighted by Gasteiger charge is -2.07. The smallest absolute Gasteiger partial charge is 0.142 e. The van der Waals surface area contributed by atoms with Crippen molar-refractivity contribution in [2.24, 2.45) is 0 Å². The van der Waals surface area contributed by atoms with Crippen LogP contribution in [0.1, 0.15) is 47.1 Å². The molecule has 0 amide bonds. The zero-order valence-electron chi connectivity index (χ0n) is 15.6. The Morgan fingerprint density at radius 3 is 2.04 bits per heavy atom. The van der Waals surface area contributed by atoms with Crippen LogP contribution in [0.5, 0.6) is 0 Å². The molecule has 1 nitrogen and oxygen atoms in total. The highest BCUT2D eigenvalue weighted by atomic mass is 32.2. The average molecular weight is 350 g/mol. The predicted molar refractivity (Wildman–Crippen MR) is 115 cm³/mol. The number of thioether (sulfide) groups is 1. The molecule has 0 heterocycles. The van der Waals surface area contributed by atoms with Gasteiger partial charge in [-0.3, -0.25) is 0 Å². The van der Waals surface area contributed by atoms with Gasteiger partial charge in [0.25, 0.3) is 0 Å². The first-order valence-corrected chi connectivity index (χ1v) is 8.94. The Hall–Kier alpha value is -1.32. The molecule has 1 rings (SSSR count). The van der Waals surface area contributed by atoms with Crippen LogP contribution in [0.3, 0.4) is 0 Å².